The lowest BCUT2D eigenvalue weighted by Gasteiger charge is -2.30. The van der Waals surface area contributed by atoms with Gasteiger partial charge in [-0.3, -0.25) is 4.79 Å². The van der Waals surface area contributed by atoms with Crippen LogP contribution < -0.4 is 4.74 Å². The fourth-order valence-electron chi connectivity index (χ4n) is 2.75. The van der Waals surface area contributed by atoms with Crippen molar-refractivity contribution in [1.29, 1.82) is 0 Å². The van der Waals surface area contributed by atoms with Crippen LogP contribution in [0, 0.1) is 12.8 Å². The van der Waals surface area contributed by atoms with Crippen molar-refractivity contribution in [3.63, 3.8) is 0 Å². The first-order valence-corrected chi connectivity index (χ1v) is 10.5. The Bertz CT molecular complexity index is 878. The molecule has 0 radical (unpaired) electrons. The molecular formula is C17H18ClNO4S2. The first-order valence-electron chi connectivity index (χ1n) is 7.91. The number of piperidine rings is 1. The number of para-hydroxylation sites is 1. The van der Waals surface area contributed by atoms with Gasteiger partial charge in [0.05, 0.1) is 10.9 Å². The number of sulfonamides is 1. The lowest BCUT2D eigenvalue weighted by Crippen LogP contribution is -2.43. The number of esters is 1. The van der Waals surface area contributed by atoms with E-state index in [4.69, 9.17) is 16.3 Å². The molecule has 1 aliphatic heterocycles. The second-order valence-electron chi connectivity index (χ2n) is 5.92. The van der Waals surface area contributed by atoms with Gasteiger partial charge in [-0.05, 0) is 44.0 Å². The van der Waals surface area contributed by atoms with Crippen molar-refractivity contribution in [1.82, 2.24) is 4.31 Å². The molecule has 1 aliphatic rings. The van der Waals surface area contributed by atoms with E-state index < -0.39 is 21.9 Å². The number of nitrogens with zero attached hydrogens (tertiary/aromatic N) is 1. The summed E-state index contributed by atoms with van der Waals surface area (Å²) in [5.41, 5.74) is 0. The molecule has 0 N–H and O–H groups in total. The molecule has 1 atom stereocenters. The summed E-state index contributed by atoms with van der Waals surface area (Å²) < 4.78 is 32.5. The number of thiophene rings is 1. The number of aryl methyl sites for hydroxylation is 1. The number of rotatable bonds is 4. The summed E-state index contributed by atoms with van der Waals surface area (Å²) in [5, 5.41) is 0.352. The number of carbonyl (C=O) groups excluding carboxylic acids is 1. The molecule has 0 aliphatic carbocycles. The van der Waals surface area contributed by atoms with Gasteiger partial charge in [0.1, 0.15) is 9.96 Å². The van der Waals surface area contributed by atoms with Crippen LogP contribution in [0.15, 0.2) is 40.6 Å². The van der Waals surface area contributed by atoms with Crippen molar-refractivity contribution in [2.45, 2.75) is 24.0 Å². The van der Waals surface area contributed by atoms with E-state index in [0.29, 0.717) is 34.4 Å². The highest BCUT2D eigenvalue weighted by molar-refractivity contribution is 7.91. The Morgan fingerprint density at radius 2 is 2.04 bits per heavy atom. The molecule has 1 saturated heterocycles. The molecule has 0 amide bonds. The number of hydrogen-bond acceptors (Lipinski definition) is 5. The molecular weight excluding hydrogens is 382 g/mol. The Hall–Kier alpha value is -1.41. The minimum absolute atomic E-state index is 0.128. The Kier molecular flexibility index (Phi) is 5.48. The molecule has 8 heteroatoms. The van der Waals surface area contributed by atoms with Gasteiger partial charge in [0.15, 0.2) is 0 Å². The molecule has 2 aromatic rings. The van der Waals surface area contributed by atoms with E-state index in [1.54, 1.807) is 36.4 Å². The van der Waals surface area contributed by atoms with E-state index in [1.807, 2.05) is 6.92 Å². The topological polar surface area (TPSA) is 63.7 Å². The Morgan fingerprint density at radius 3 is 2.72 bits per heavy atom. The van der Waals surface area contributed by atoms with Crippen molar-refractivity contribution in [3.05, 3.63) is 46.3 Å². The quantitative estimate of drug-likeness (QED) is 0.580. The molecule has 0 spiro atoms. The zero-order valence-electron chi connectivity index (χ0n) is 13.6. The maximum atomic E-state index is 12.7. The number of halogens is 1. The van der Waals surface area contributed by atoms with E-state index in [2.05, 4.69) is 0 Å². The van der Waals surface area contributed by atoms with Crippen LogP contribution in [0.4, 0.5) is 0 Å². The highest BCUT2D eigenvalue weighted by Gasteiger charge is 2.35. The molecule has 1 aromatic heterocycles. The predicted molar refractivity (Wildman–Crippen MR) is 97.6 cm³/mol. The average molecular weight is 400 g/mol. The van der Waals surface area contributed by atoms with Crippen molar-refractivity contribution in [3.8, 4) is 5.75 Å². The summed E-state index contributed by atoms with van der Waals surface area (Å²) in [7, 11) is -3.57. The van der Waals surface area contributed by atoms with Crippen LogP contribution in [0.1, 0.15) is 17.7 Å². The standard InChI is InChI=1S/C17H18ClNO4S2/c1-12-8-9-16(24-12)25(21,22)19-10-4-5-13(11-19)17(20)23-15-7-3-2-6-14(15)18/h2-3,6-9,13H,4-5,10-11H2,1H3/t13-/m1/s1. The van der Waals surface area contributed by atoms with Crippen LogP contribution in [-0.2, 0) is 14.8 Å². The Balaban J connectivity index is 1.73. The fraction of sp³-hybridized carbons (Fsp3) is 0.353. The van der Waals surface area contributed by atoms with Gasteiger partial charge < -0.3 is 4.74 Å². The van der Waals surface area contributed by atoms with E-state index in [0.717, 1.165) is 4.88 Å². The maximum absolute atomic E-state index is 12.7. The molecule has 0 bridgehead atoms. The molecule has 25 heavy (non-hydrogen) atoms. The van der Waals surface area contributed by atoms with Crippen molar-refractivity contribution >= 4 is 38.9 Å². The third kappa shape index (κ3) is 4.06. The number of hydrogen-bond donors (Lipinski definition) is 0. The third-order valence-corrected chi connectivity index (χ3v) is 7.72. The first-order chi connectivity index (χ1) is 11.9. The SMILES string of the molecule is Cc1ccc(S(=O)(=O)N2CCC[C@@H](C(=O)Oc3ccccc3Cl)C2)s1. The largest absolute Gasteiger partial charge is 0.425 e. The third-order valence-electron chi connectivity index (χ3n) is 4.07. The molecule has 3 rings (SSSR count). The number of carbonyl (C=O) groups is 1. The lowest BCUT2D eigenvalue weighted by atomic mass is 10.00. The molecule has 0 saturated carbocycles. The minimum Gasteiger partial charge on any atom is -0.425 e. The van der Waals surface area contributed by atoms with Gasteiger partial charge >= 0.3 is 5.97 Å². The molecule has 1 aromatic carbocycles. The summed E-state index contributed by atoms with van der Waals surface area (Å²) in [4.78, 5) is 13.4. The average Bonchev–Trinajstić information content (AvgIpc) is 3.04. The zero-order valence-corrected chi connectivity index (χ0v) is 16.0. The number of ether oxygens (including phenoxy) is 1. The molecule has 0 unspecified atom stereocenters. The van der Waals surface area contributed by atoms with Crippen LogP contribution in [0.5, 0.6) is 5.75 Å². The van der Waals surface area contributed by atoms with E-state index in [1.165, 1.54) is 15.6 Å². The van der Waals surface area contributed by atoms with Crippen LogP contribution in [0.3, 0.4) is 0 Å². The van der Waals surface area contributed by atoms with Gasteiger partial charge in [-0.25, -0.2) is 8.42 Å². The van der Waals surface area contributed by atoms with Gasteiger partial charge in [-0.1, -0.05) is 23.7 Å². The fourth-order valence-corrected chi connectivity index (χ4v) is 5.89. The smallest absolute Gasteiger partial charge is 0.315 e. The highest BCUT2D eigenvalue weighted by Crippen LogP contribution is 2.30. The van der Waals surface area contributed by atoms with Gasteiger partial charge in [0.25, 0.3) is 10.0 Å². The van der Waals surface area contributed by atoms with Gasteiger partial charge in [0.2, 0.25) is 0 Å². The van der Waals surface area contributed by atoms with Gasteiger partial charge in [-0.2, -0.15) is 4.31 Å². The van der Waals surface area contributed by atoms with Crippen LogP contribution >= 0.6 is 22.9 Å². The second-order valence-corrected chi connectivity index (χ2v) is 9.78. The number of benzene rings is 1. The lowest BCUT2D eigenvalue weighted by molar-refractivity contribution is -0.140. The monoisotopic (exact) mass is 399 g/mol. The van der Waals surface area contributed by atoms with E-state index >= 15 is 0 Å². The van der Waals surface area contributed by atoms with Crippen molar-refractivity contribution in [2.24, 2.45) is 5.92 Å². The predicted octanol–water partition coefficient (Wildman–Crippen LogP) is 3.72. The van der Waals surface area contributed by atoms with Gasteiger partial charge in [-0.15, -0.1) is 11.3 Å². The highest BCUT2D eigenvalue weighted by atomic mass is 35.5. The van der Waals surface area contributed by atoms with E-state index in [9.17, 15) is 13.2 Å². The minimum atomic E-state index is -3.57. The zero-order chi connectivity index (χ0) is 18.0. The van der Waals surface area contributed by atoms with E-state index in [-0.39, 0.29) is 6.54 Å². The van der Waals surface area contributed by atoms with Gasteiger partial charge in [0, 0.05) is 18.0 Å². The summed E-state index contributed by atoms with van der Waals surface area (Å²) in [6.45, 7) is 2.40. The summed E-state index contributed by atoms with van der Waals surface area (Å²) >= 11 is 7.25. The van der Waals surface area contributed by atoms with Crippen LogP contribution in [-0.4, -0.2) is 31.8 Å². The van der Waals surface area contributed by atoms with Crippen LogP contribution in [0.2, 0.25) is 5.02 Å². The second kappa shape index (κ2) is 7.45. The summed E-state index contributed by atoms with van der Waals surface area (Å²) in [6, 6.07) is 10.1. The Morgan fingerprint density at radius 1 is 1.28 bits per heavy atom. The Labute approximate surface area is 156 Å². The van der Waals surface area contributed by atoms with Crippen molar-refractivity contribution in [2.75, 3.05) is 13.1 Å². The maximum Gasteiger partial charge on any atom is 0.315 e. The molecule has 134 valence electrons. The normalized spacial score (nSPS) is 18.9. The summed E-state index contributed by atoms with van der Waals surface area (Å²) in [6.07, 6.45) is 1.21. The molecule has 2 heterocycles. The first kappa shape index (κ1) is 18.4. The molecule has 1 fully saturated rings. The molecule has 5 nitrogen and oxygen atoms in total. The van der Waals surface area contributed by atoms with Crippen molar-refractivity contribution < 1.29 is 17.9 Å². The van der Waals surface area contributed by atoms with Crippen LogP contribution in [0.25, 0.3) is 0 Å². The summed E-state index contributed by atoms with van der Waals surface area (Å²) in [5.74, 6) is -0.653.